The van der Waals surface area contributed by atoms with E-state index in [1.54, 1.807) is 18.3 Å². The highest BCUT2D eigenvalue weighted by molar-refractivity contribution is 5.88. The summed E-state index contributed by atoms with van der Waals surface area (Å²) in [5, 5.41) is 2.64. The number of anilines is 1. The van der Waals surface area contributed by atoms with Crippen LogP contribution in [-0.4, -0.2) is 17.4 Å². The number of carbonyl (C=O) groups is 1. The van der Waals surface area contributed by atoms with Crippen molar-refractivity contribution in [2.24, 2.45) is 5.73 Å². The fraction of sp³-hybridized carbons (Fsp3) is 0.200. The standard InChI is InChI=1S/C10H11N3O/c1-8(14)13-10-4-6-12-9(7-10)3-2-5-11/h4,6-7H,5,11H2,1H3,(H,12,13,14). The molecule has 0 radical (unpaired) electrons. The van der Waals surface area contributed by atoms with E-state index in [-0.39, 0.29) is 5.91 Å². The molecule has 1 aromatic rings. The van der Waals surface area contributed by atoms with Crippen LogP contribution in [0.3, 0.4) is 0 Å². The zero-order valence-corrected chi connectivity index (χ0v) is 7.87. The van der Waals surface area contributed by atoms with E-state index in [0.29, 0.717) is 17.9 Å². The molecule has 0 saturated carbocycles. The SMILES string of the molecule is CC(=O)Nc1ccnc(C#CCN)c1. The Kier molecular flexibility index (Phi) is 3.65. The molecule has 72 valence electrons. The van der Waals surface area contributed by atoms with Crippen LogP contribution >= 0.6 is 0 Å². The number of hydrogen-bond acceptors (Lipinski definition) is 3. The van der Waals surface area contributed by atoms with Gasteiger partial charge in [-0.3, -0.25) is 4.79 Å². The van der Waals surface area contributed by atoms with E-state index in [0.717, 1.165) is 0 Å². The van der Waals surface area contributed by atoms with Gasteiger partial charge in [-0.25, -0.2) is 4.98 Å². The largest absolute Gasteiger partial charge is 0.326 e. The van der Waals surface area contributed by atoms with Gasteiger partial charge in [0, 0.05) is 18.8 Å². The second-order valence-electron chi connectivity index (χ2n) is 2.62. The van der Waals surface area contributed by atoms with Crippen molar-refractivity contribution in [1.29, 1.82) is 0 Å². The summed E-state index contributed by atoms with van der Waals surface area (Å²) in [5.41, 5.74) is 6.51. The highest BCUT2D eigenvalue weighted by Gasteiger charge is 1.95. The number of nitrogens with one attached hydrogen (secondary N) is 1. The Morgan fingerprint density at radius 2 is 2.50 bits per heavy atom. The summed E-state index contributed by atoms with van der Waals surface area (Å²) in [5.74, 6) is 5.35. The molecule has 0 spiro atoms. The van der Waals surface area contributed by atoms with Gasteiger partial charge < -0.3 is 11.1 Å². The number of nitrogens with two attached hydrogens (primary N) is 1. The maximum atomic E-state index is 10.8. The van der Waals surface area contributed by atoms with E-state index >= 15 is 0 Å². The molecule has 0 fully saturated rings. The lowest BCUT2D eigenvalue weighted by Gasteiger charge is -2.00. The van der Waals surface area contributed by atoms with Crippen LogP contribution in [0.5, 0.6) is 0 Å². The first-order chi connectivity index (χ1) is 6.72. The second-order valence-corrected chi connectivity index (χ2v) is 2.62. The van der Waals surface area contributed by atoms with Gasteiger partial charge in [-0.1, -0.05) is 5.92 Å². The van der Waals surface area contributed by atoms with Crippen molar-refractivity contribution in [2.75, 3.05) is 11.9 Å². The van der Waals surface area contributed by atoms with E-state index in [1.165, 1.54) is 6.92 Å². The molecular formula is C10H11N3O. The van der Waals surface area contributed by atoms with E-state index in [1.807, 2.05) is 0 Å². The zero-order chi connectivity index (χ0) is 10.4. The van der Waals surface area contributed by atoms with Gasteiger partial charge in [0.15, 0.2) is 0 Å². The average Bonchev–Trinajstić information content (AvgIpc) is 2.14. The Hall–Kier alpha value is -1.86. The third-order valence-electron chi connectivity index (χ3n) is 1.40. The molecule has 4 nitrogen and oxygen atoms in total. The second kappa shape index (κ2) is 5.00. The molecule has 1 heterocycles. The lowest BCUT2D eigenvalue weighted by molar-refractivity contribution is -0.114. The molecule has 1 aromatic heterocycles. The number of amides is 1. The number of aromatic nitrogens is 1. The molecule has 3 N–H and O–H groups in total. The van der Waals surface area contributed by atoms with Crippen LogP contribution in [0.4, 0.5) is 5.69 Å². The fourth-order valence-corrected chi connectivity index (χ4v) is 0.922. The number of hydrogen-bond donors (Lipinski definition) is 2. The smallest absolute Gasteiger partial charge is 0.221 e. The Morgan fingerprint density at radius 3 is 3.14 bits per heavy atom. The highest BCUT2D eigenvalue weighted by Crippen LogP contribution is 2.06. The van der Waals surface area contributed by atoms with Crippen molar-refractivity contribution in [1.82, 2.24) is 4.98 Å². The van der Waals surface area contributed by atoms with Gasteiger partial charge in [-0.05, 0) is 18.1 Å². The Balaban J connectivity index is 2.84. The first-order valence-electron chi connectivity index (χ1n) is 4.15. The van der Waals surface area contributed by atoms with Crippen molar-refractivity contribution < 1.29 is 4.79 Å². The van der Waals surface area contributed by atoms with Crippen LogP contribution in [0.25, 0.3) is 0 Å². The summed E-state index contributed by atoms with van der Waals surface area (Å²) in [7, 11) is 0. The van der Waals surface area contributed by atoms with Crippen LogP contribution in [0, 0.1) is 11.8 Å². The van der Waals surface area contributed by atoms with Gasteiger partial charge in [0.05, 0.1) is 6.54 Å². The molecule has 0 aliphatic rings. The molecule has 1 amide bonds. The van der Waals surface area contributed by atoms with E-state index < -0.39 is 0 Å². The topological polar surface area (TPSA) is 68.0 Å². The Morgan fingerprint density at radius 1 is 1.71 bits per heavy atom. The Bertz CT molecular complexity index is 390. The minimum Gasteiger partial charge on any atom is -0.326 e. The number of nitrogens with zero attached hydrogens (tertiary/aromatic N) is 1. The predicted molar refractivity (Wildman–Crippen MR) is 54.5 cm³/mol. The van der Waals surface area contributed by atoms with Crippen molar-refractivity contribution in [3.05, 3.63) is 24.0 Å². The quantitative estimate of drug-likeness (QED) is 0.626. The summed E-state index contributed by atoms with van der Waals surface area (Å²) in [6, 6.07) is 3.40. The van der Waals surface area contributed by atoms with Crippen LogP contribution in [0.1, 0.15) is 12.6 Å². The van der Waals surface area contributed by atoms with E-state index in [4.69, 9.17) is 5.73 Å². The lowest BCUT2D eigenvalue weighted by atomic mass is 10.3. The molecule has 0 unspecified atom stereocenters. The van der Waals surface area contributed by atoms with Crippen molar-refractivity contribution in [3.63, 3.8) is 0 Å². The monoisotopic (exact) mass is 189 g/mol. The Labute approximate surface area is 82.5 Å². The van der Waals surface area contributed by atoms with Crippen molar-refractivity contribution >= 4 is 11.6 Å². The fourth-order valence-electron chi connectivity index (χ4n) is 0.922. The van der Waals surface area contributed by atoms with Crippen molar-refractivity contribution in [2.45, 2.75) is 6.92 Å². The van der Waals surface area contributed by atoms with Gasteiger partial charge in [0.25, 0.3) is 0 Å². The lowest BCUT2D eigenvalue weighted by Crippen LogP contribution is -2.05. The van der Waals surface area contributed by atoms with Crippen LogP contribution in [0.15, 0.2) is 18.3 Å². The maximum absolute atomic E-state index is 10.8. The van der Waals surface area contributed by atoms with Gasteiger partial charge in [-0.15, -0.1) is 0 Å². The van der Waals surface area contributed by atoms with Crippen LogP contribution in [-0.2, 0) is 4.79 Å². The molecule has 1 rings (SSSR count). The van der Waals surface area contributed by atoms with Crippen LogP contribution in [0.2, 0.25) is 0 Å². The van der Waals surface area contributed by atoms with E-state index in [2.05, 4.69) is 22.1 Å². The first kappa shape index (κ1) is 10.2. The molecule has 0 saturated heterocycles. The molecule has 0 aliphatic heterocycles. The number of pyridine rings is 1. The molecule has 0 bridgehead atoms. The van der Waals surface area contributed by atoms with Gasteiger partial charge in [0.2, 0.25) is 5.91 Å². The minimum atomic E-state index is -0.117. The third-order valence-corrected chi connectivity index (χ3v) is 1.40. The molecule has 0 aromatic carbocycles. The summed E-state index contributed by atoms with van der Waals surface area (Å²) in [4.78, 5) is 14.8. The minimum absolute atomic E-state index is 0.117. The number of carbonyl (C=O) groups excluding carboxylic acids is 1. The molecule has 0 atom stereocenters. The molecule has 14 heavy (non-hydrogen) atoms. The normalized spacial score (nSPS) is 8.71. The van der Waals surface area contributed by atoms with Gasteiger partial charge >= 0.3 is 0 Å². The molecule has 4 heteroatoms. The zero-order valence-electron chi connectivity index (χ0n) is 7.87. The van der Waals surface area contributed by atoms with Crippen molar-refractivity contribution in [3.8, 4) is 11.8 Å². The summed E-state index contributed by atoms with van der Waals surface area (Å²) in [6.07, 6.45) is 1.59. The molecule has 0 aliphatic carbocycles. The summed E-state index contributed by atoms with van der Waals surface area (Å²) >= 11 is 0. The predicted octanol–water partition coefficient (Wildman–Crippen LogP) is 0.350. The average molecular weight is 189 g/mol. The highest BCUT2D eigenvalue weighted by atomic mass is 16.1. The molecular weight excluding hydrogens is 178 g/mol. The van der Waals surface area contributed by atoms with Gasteiger partial charge in [-0.2, -0.15) is 0 Å². The van der Waals surface area contributed by atoms with E-state index in [9.17, 15) is 4.79 Å². The maximum Gasteiger partial charge on any atom is 0.221 e. The summed E-state index contributed by atoms with van der Waals surface area (Å²) in [6.45, 7) is 1.75. The first-order valence-corrected chi connectivity index (χ1v) is 4.15. The third kappa shape index (κ3) is 3.25. The van der Waals surface area contributed by atoms with Gasteiger partial charge in [0.1, 0.15) is 5.69 Å². The van der Waals surface area contributed by atoms with Crippen LogP contribution < -0.4 is 11.1 Å². The summed E-state index contributed by atoms with van der Waals surface area (Å²) < 4.78 is 0. The number of rotatable bonds is 1.